The summed E-state index contributed by atoms with van der Waals surface area (Å²) >= 11 is 0. The Labute approximate surface area is 116 Å². The molecule has 1 aliphatic carbocycles. The van der Waals surface area contributed by atoms with E-state index in [2.05, 4.69) is 35.2 Å². The van der Waals surface area contributed by atoms with E-state index >= 15 is 0 Å². The third-order valence-corrected chi connectivity index (χ3v) is 4.85. The lowest BCUT2D eigenvalue weighted by Gasteiger charge is -2.35. The van der Waals surface area contributed by atoms with E-state index in [0.717, 1.165) is 12.3 Å². The molecule has 1 heterocycles. The van der Waals surface area contributed by atoms with Gasteiger partial charge >= 0.3 is 0 Å². The highest BCUT2D eigenvalue weighted by Gasteiger charge is 2.33. The fourth-order valence-electron chi connectivity index (χ4n) is 3.80. The van der Waals surface area contributed by atoms with Crippen molar-refractivity contribution in [1.29, 1.82) is 0 Å². The van der Waals surface area contributed by atoms with Crippen molar-refractivity contribution in [2.24, 2.45) is 5.92 Å². The zero-order valence-corrected chi connectivity index (χ0v) is 11.7. The molecule has 1 aliphatic heterocycles. The summed E-state index contributed by atoms with van der Waals surface area (Å²) in [6.45, 7) is 2.36. The van der Waals surface area contributed by atoms with Crippen LogP contribution in [0.4, 0.5) is 0 Å². The van der Waals surface area contributed by atoms with E-state index in [1.807, 2.05) is 0 Å². The van der Waals surface area contributed by atoms with Gasteiger partial charge in [0.05, 0.1) is 6.10 Å². The Balaban J connectivity index is 1.55. The number of likely N-dealkylation sites (tertiary alicyclic amines) is 1. The molecule has 3 unspecified atom stereocenters. The minimum atomic E-state index is -0.0794. The lowest BCUT2D eigenvalue weighted by molar-refractivity contribution is 0.0294. The fraction of sp³-hybridized carbons (Fsp3) is 0.647. The number of hydrogen-bond acceptors (Lipinski definition) is 2. The van der Waals surface area contributed by atoms with Crippen LogP contribution in [0, 0.1) is 5.92 Å². The Morgan fingerprint density at radius 3 is 2.63 bits per heavy atom. The summed E-state index contributed by atoms with van der Waals surface area (Å²) in [6, 6.07) is 11.3. The third-order valence-electron chi connectivity index (χ3n) is 4.85. The number of nitrogens with zero attached hydrogens (tertiary/aromatic N) is 1. The molecule has 1 aromatic rings. The molecular formula is C17H25NO. The number of aliphatic hydroxyl groups excluding tert-OH is 1. The highest BCUT2D eigenvalue weighted by Crippen LogP contribution is 2.29. The lowest BCUT2D eigenvalue weighted by Crippen LogP contribution is -2.44. The Hall–Kier alpha value is -0.860. The van der Waals surface area contributed by atoms with Crippen LogP contribution in [-0.2, 0) is 6.42 Å². The Morgan fingerprint density at radius 2 is 1.84 bits per heavy atom. The quantitative estimate of drug-likeness (QED) is 0.902. The van der Waals surface area contributed by atoms with Gasteiger partial charge in [-0.2, -0.15) is 0 Å². The first-order chi connectivity index (χ1) is 9.33. The van der Waals surface area contributed by atoms with Crippen LogP contribution >= 0.6 is 0 Å². The molecule has 0 aromatic heterocycles. The molecule has 1 saturated heterocycles. The average Bonchev–Trinajstić information content (AvgIpc) is 2.89. The van der Waals surface area contributed by atoms with Gasteiger partial charge in [-0.1, -0.05) is 43.2 Å². The summed E-state index contributed by atoms with van der Waals surface area (Å²) in [6.07, 6.45) is 7.10. The van der Waals surface area contributed by atoms with Crippen molar-refractivity contribution in [2.75, 3.05) is 13.1 Å². The molecule has 3 atom stereocenters. The predicted molar refractivity (Wildman–Crippen MR) is 78.1 cm³/mol. The van der Waals surface area contributed by atoms with Crippen molar-refractivity contribution in [3.05, 3.63) is 35.9 Å². The van der Waals surface area contributed by atoms with Crippen molar-refractivity contribution < 1.29 is 5.11 Å². The summed E-state index contributed by atoms with van der Waals surface area (Å²) in [7, 11) is 0. The van der Waals surface area contributed by atoms with E-state index < -0.39 is 0 Å². The fourth-order valence-corrected chi connectivity index (χ4v) is 3.80. The molecule has 19 heavy (non-hydrogen) atoms. The van der Waals surface area contributed by atoms with Gasteiger partial charge in [0.15, 0.2) is 0 Å². The molecular weight excluding hydrogens is 234 g/mol. The van der Waals surface area contributed by atoms with Crippen molar-refractivity contribution in [1.82, 2.24) is 4.90 Å². The minimum absolute atomic E-state index is 0.0794. The van der Waals surface area contributed by atoms with Gasteiger partial charge in [0, 0.05) is 12.6 Å². The topological polar surface area (TPSA) is 23.5 Å². The van der Waals surface area contributed by atoms with Crippen molar-refractivity contribution in [3.63, 3.8) is 0 Å². The number of aliphatic hydroxyl groups is 1. The third kappa shape index (κ3) is 3.18. The van der Waals surface area contributed by atoms with Crippen molar-refractivity contribution >= 4 is 0 Å². The van der Waals surface area contributed by atoms with Crippen LogP contribution in [0.5, 0.6) is 0 Å². The van der Waals surface area contributed by atoms with E-state index in [-0.39, 0.29) is 6.10 Å². The Bertz CT molecular complexity index is 392. The minimum Gasteiger partial charge on any atom is -0.391 e. The second-order valence-electron chi connectivity index (χ2n) is 6.26. The summed E-state index contributed by atoms with van der Waals surface area (Å²) in [5, 5.41) is 10.2. The van der Waals surface area contributed by atoms with Crippen molar-refractivity contribution in [3.8, 4) is 0 Å². The second-order valence-corrected chi connectivity index (χ2v) is 6.26. The van der Waals surface area contributed by atoms with Gasteiger partial charge in [0.2, 0.25) is 0 Å². The molecule has 0 amide bonds. The molecule has 2 nitrogen and oxygen atoms in total. The second kappa shape index (κ2) is 6.06. The predicted octanol–water partition coefficient (Wildman–Crippen LogP) is 2.85. The monoisotopic (exact) mass is 259 g/mol. The molecule has 3 rings (SSSR count). The van der Waals surface area contributed by atoms with Gasteiger partial charge in [-0.05, 0) is 43.7 Å². The van der Waals surface area contributed by atoms with Crippen LogP contribution < -0.4 is 0 Å². The van der Waals surface area contributed by atoms with Gasteiger partial charge < -0.3 is 5.11 Å². The highest BCUT2D eigenvalue weighted by molar-refractivity contribution is 5.15. The van der Waals surface area contributed by atoms with Crippen LogP contribution in [0.2, 0.25) is 0 Å². The van der Waals surface area contributed by atoms with E-state index in [1.165, 1.54) is 50.8 Å². The number of rotatable bonds is 3. The van der Waals surface area contributed by atoms with E-state index in [1.54, 1.807) is 0 Å². The van der Waals surface area contributed by atoms with Gasteiger partial charge in [0.1, 0.15) is 0 Å². The first-order valence-corrected chi connectivity index (χ1v) is 7.79. The summed E-state index contributed by atoms with van der Waals surface area (Å²) < 4.78 is 0. The van der Waals surface area contributed by atoms with Crippen LogP contribution in [0.1, 0.15) is 37.7 Å². The summed E-state index contributed by atoms with van der Waals surface area (Å²) in [4.78, 5) is 2.55. The lowest BCUT2D eigenvalue weighted by atomic mass is 9.91. The maximum Gasteiger partial charge on any atom is 0.0695 e. The SMILES string of the molecule is OC1CCCCC1N1CCC(Cc2ccccc2)C1. The molecule has 0 spiro atoms. The molecule has 1 saturated carbocycles. The van der Waals surface area contributed by atoms with Gasteiger partial charge in [0.25, 0.3) is 0 Å². The molecule has 2 aliphatic rings. The first kappa shape index (κ1) is 13.1. The van der Waals surface area contributed by atoms with Gasteiger partial charge in [-0.3, -0.25) is 4.90 Å². The summed E-state index contributed by atoms with van der Waals surface area (Å²) in [5.74, 6) is 0.775. The molecule has 1 N–H and O–H groups in total. The van der Waals surface area contributed by atoms with Crippen molar-refractivity contribution in [2.45, 2.75) is 50.7 Å². The standard InChI is InChI=1S/C17H25NO/c19-17-9-5-4-8-16(17)18-11-10-15(13-18)12-14-6-2-1-3-7-14/h1-3,6-7,15-17,19H,4-5,8-13H2. The van der Waals surface area contributed by atoms with Crippen LogP contribution in [0.25, 0.3) is 0 Å². The largest absolute Gasteiger partial charge is 0.391 e. The smallest absolute Gasteiger partial charge is 0.0695 e. The first-order valence-electron chi connectivity index (χ1n) is 7.79. The van der Waals surface area contributed by atoms with E-state index in [0.29, 0.717) is 6.04 Å². The zero-order chi connectivity index (χ0) is 13.1. The van der Waals surface area contributed by atoms with Gasteiger partial charge in [-0.15, -0.1) is 0 Å². The Morgan fingerprint density at radius 1 is 1.05 bits per heavy atom. The zero-order valence-electron chi connectivity index (χ0n) is 11.7. The molecule has 0 bridgehead atoms. The van der Waals surface area contributed by atoms with E-state index in [9.17, 15) is 5.11 Å². The Kier molecular flexibility index (Phi) is 4.19. The molecule has 1 aromatic carbocycles. The summed E-state index contributed by atoms with van der Waals surface area (Å²) in [5.41, 5.74) is 1.46. The van der Waals surface area contributed by atoms with Gasteiger partial charge in [-0.25, -0.2) is 0 Å². The van der Waals surface area contributed by atoms with Crippen LogP contribution in [0.3, 0.4) is 0 Å². The normalized spacial score (nSPS) is 32.6. The van der Waals surface area contributed by atoms with Crippen LogP contribution in [0.15, 0.2) is 30.3 Å². The highest BCUT2D eigenvalue weighted by atomic mass is 16.3. The average molecular weight is 259 g/mol. The molecule has 2 heteroatoms. The maximum absolute atomic E-state index is 10.2. The molecule has 2 fully saturated rings. The number of hydrogen-bond donors (Lipinski definition) is 1. The van der Waals surface area contributed by atoms with E-state index in [4.69, 9.17) is 0 Å². The maximum atomic E-state index is 10.2. The number of benzene rings is 1. The molecule has 104 valence electrons. The molecule has 0 radical (unpaired) electrons. The van der Waals surface area contributed by atoms with Crippen LogP contribution in [-0.4, -0.2) is 35.2 Å².